The molecule has 1 rings (SSSR count). The third-order valence-corrected chi connectivity index (χ3v) is 4.40. The molecule has 0 bridgehead atoms. The van der Waals surface area contributed by atoms with Crippen LogP contribution >= 0.6 is 12.4 Å². The first-order chi connectivity index (χ1) is 9.42. The van der Waals surface area contributed by atoms with Gasteiger partial charge in [-0.1, -0.05) is 6.07 Å². The largest absolute Gasteiger partial charge is 0.465 e. The van der Waals surface area contributed by atoms with E-state index in [2.05, 4.69) is 14.8 Å². The summed E-state index contributed by atoms with van der Waals surface area (Å²) in [6.07, 6.45) is 0.686. The first kappa shape index (κ1) is 19.9. The van der Waals surface area contributed by atoms with Crippen LogP contribution in [-0.4, -0.2) is 41.6 Å². The molecule has 0 saturated heterocycles. The van der Waals surface area contributed by atoms with Gasteiger partial charge in [0.25, 0.3) is 0 Å². The molecule has 0 aliphatic carbocycles. The van der Waals surface area contributed by atoms with E-state index in [-0.39, 0.29) is 22.9 Å². The molecule has 120 valence electrons. The van der Waals surface area contributed by atoms with Crippen molar-refractivity contribution in [3.63, 3.8) is 0 Å². The molecule has 0 amide bonds. The summed E-state index contributed by atoms with van der Waals surface area (Å²) in [6, 6.07) is 4.47. The lowest BCUT2D eigenvalue weighted by molar-refractivity contribution is 0.0600. The molecule has 0 fully saturated rings. The topological polar surface area (TPSA) is 84.5 Å². The number of rotatable bonds is 7. The fourth-order valence-electron chi connectivity index (χ4n) is 1.68. The molecule has 2 N–H and O–H groups in total. The molecule has 0 aliphatic rings. The van der Waals surface area contributed by atoms with Crippen molar-refractivity contribution in [3.05, 3.63) is 29.3 Å². The Hall–Kier alpha value is -1.15. The number of hydrogen-bond donors (Lipinski definition) is 2. The number of aryl methyl sites for hydroxylation is 1. The number of nitrogens with one attached hydrogen (secondary N) is 2. The van der Waals surface area contributed by atoms with E-state index in [0.29, 0.717) is 18.5 Å². The van der Waals surface area contributed by atoms with Gasteiger partial charge < -0.3 is 10.1 Å². The third kappa shape index (κ3) is 5.62. The van der Waals surface area contributed by atoms with Gasteiger partial charge >= 0.3 is 5.97 Å². The summed E-state index contributed by atoms with van der Waals surface area (Å²) in [5, 5.41) is 2.94. The summed E-state index contributed by atoms with van der Waals surface area (Å²) < 4.78 is 31.5. The molecule has 6 nitrogen and oxygen atoms in total. The van der Waals surface area contributed by atoms with Crippen molar-refractivity contribution in [2.45, 2.75) is 18.2 Å². The van der Waals surface area contributed by atoms with E-state index in [9.17, 15) is 13.2 Å². The number of ether oxygens (including phenoxy) is 1. The minimum absolute atomic E-state index is 0. The summed E-state index contributed by atoms with van der Waals surface area (Å²) in [5.74, 6) is -0.559. The third-order valence-electron chi connectivity index (χ3n) is 2.79. The van der Waals surface area contributed by atoms with Gasteiger partial charge in [-0.25, -0.2) is 17.9 Å². The average molecular weight is 337 g/mol. The highest BCUT2D eigenvalue weighted by molar-refractivity contribution is 7.89. The van der Waals surface area contributed by atoms with Gasteiger partial charge in [-0.05, 0) is 44.6 Å². The van der Waals surface area contributed by atoms with Gasteiger partial charge in [0.1, 0.15) is 0 Å². The predicted molar refractivity (Wildman–Crippen MR) is 83.5 cm³/mol. The van der Waals surface area contributed by atoms with Gasteiger partial charge in [-0.3, -0.25) is 0 Å². The van der Waals surface area contributed by atoms with Crippen molar-refractivity contribution in [2.24, 2.45) is 0 Å². The summed E-state index contributed by atoms with van der Waals surface area (Å²) in [5.41, 5.74) is 0.799. The minimum Gasteiger partial charge on any atom is -0.465 e. The Balaban J connectivity index is 0.00000400. The molecule has 0 unspecified atom stereocenters. The SMILES string of the molecule is CNCCCNS(=O)(=O)c1cc(C(=O)OC)ccc1C.Cl. The predicted octanol–water partition coefficient (Wildman–Crippen LogP) is 1.09. The van der Waals surface area contributed by atoms with E-state index in [4.69, 9.17) is 0 Å². The first-order valence-electron chi connectivity index (χ1n) is 6.25. The normalized spacial score (nSPS) is 10.8. The molecular formula is C13H21ClN2O4S. The second-order valence-electron chi connectivity index (χ2n) is 4.33. The zero-order valence-corrected chi connectivity index (χ0v) is 13.9. The molecule has 0 aromatic heterocycles. The number of benzene rings is 1. The summed E-state index contributed by atoms with van der Waals surface area (Å²) in [6.45, 7) is 2.75. The van der Waals surface area contributed by atoms with Crippen LogP contribution in [0.3, 0.4) is 0 Å². The highest BCUT2D eigenvalue weighted by Gasteiger charge is 2.18. The van der Waals surface area contributed by atoms with Crippen LogP contribution in [0.1, 0.15) is 22.3 Å². The lowest BCUT2D eigenvalue weighted by Gasteiger charge is -2.10. The molecule has 0 atom stereocenters. The fourth-order valence-corrected chi connectivity index (χ4v) is 3.03. The van der Waals surface area contributed by atoms with Crippen LogP contribution in [0, 0.1) is 6.92 Å². The molecular weight excluding hydrogens is 316 g/mol. The molecule has 1 aromatic rings. The standard InChI is InChI=1S/C13H20N2O4S.ClH/c1-10-5-6-11(13(16)19-3)9-12(10)20(17,18)15-8-4-7-14-2;/h5-6,9,14-15H,4,7-8H2,1-3H3;1H. The van der Waals surface area contributed by atoms with Gasteiger partial charge in [-0.15, -0.1) is 12.4 Å². The van der Waals surface area contributed by atoms with Crippen LogP contribution in [0.15, 0.2) is 23.1 Å². The number of halogens is 1. The van der Waals surface area contributed by atoms with Crippen molar-refractivity contribution in [1.29, 1.82) is 0 Å². The molecule has 0 spiro atoms. The van der Waals surface area contributed by atoms with Crippen LogP contribution in [-0.2, 0) is 14.8 Å². The molecule has 8 heteroatoms. The van der Waals surface area contributed by atoms with Crippen molar-refractivity contribution in [3.8, 4) is 0 Å². The number of hydrogen-bond acceptors (Lipinski definition) is 5. The minimum atomic E-state index is -3.62. The Morgan fingerprint density at radius 3 is 2.52 bits per heavy atom. The Kier molecular flexibility index (Phi) is 8.50. The van der Waals surface area contributed by atoms with Crippen LogP contribution in [0.5, 0.6) is 0 Å². The monoisotopic (exact) mass is 336 g/mol. The molecule has 1 aromatic carbocycles. The van der Waals surface area contributed by atoms with Crippen LogP contribution < -0.4 is 10.0 Å². The second kappa shape index (κ2) is 8.99. The second-order valence-corrected chi connectivity index (χ2v) is 6.06. The van der Waals surface area contributed by atoms with E-state index < -0.39 is 16.0 Å². The highest BCUT2D eigenvalue weighted by Crippen LogP contribution is 2.17. The fraction of sp³-hybridized carbons (Fsp3) is 0.462. The van der Waals surface area contributed by atoms with E-state index in [1.807, 2.05) is 0 Å². The molecule has 0 saturated carbocycles. The number of esters is 1. The maximum Gasteiger partial charge on any atom is 0.337 e. The number of carbonyl (C=O) groups is 1. The lowest BCUT2D eigenvalue weighted by atomic mass is 10.1. The Morgan fingerprint density at radius 2 is 1.95 bits per heavy atom. The maximum atomic E-state index is 12.2. The lowest BCUT2D eigenvalue weighted by Crippen LogP contribution is -2.27. The maximum absolute atomic E-state index is 12.2. The number of carbonyl (C=O) groups excluding carboxylic acids is 1. The van der Waals surface area contributed by atoms with Gasteiger partial charge in [0.15, 0.2) is 0 Å². The van der Waals surface area contributed by atoms with E-state index in [1.54, 1.807) is 26.1 Å². The van der Waals surface area contributed by atoms with Crippen molar-refractivity contribution >= 4 is 28.4 Å². The zero-order valence-electron chi connectivity index (χ0n) is 12.3. The summed E-state index contributed by atoms with van der Waals surface area (Å²) in [4.78, 5) is 11.6. The summed E-state index contributed by atoms with van der Waals surface area (Å²) in [7, 11) is -0.561. The van der Waals surface area contributed by atoms with Crippen molar-refractivity contribution < 1.29 is 17.9 Å². The number of methoxy groups -OCH3 is 1. The van der Waals surface area contributed by atoms with Crippen LogP contribution in [0.25, 0.3) is 0 Å². The van der Waals surface area contributed by atoms with Crippen molar-refractivity contribution in [1.82, 2.24) is 10.0 Å². The molecule has 0 heterocycles. The number of sulfonamides is 1. The molecule has 0 radical (unpaired) electrons. The smallest absolute Gasteiger partial charge is 0.337 e. The quantitative estimate of drug-likeness (QED) is 0.575. The summed E-state index contributed by atoms with van der Waals surface area (Å²) >= 11 is 0. The first-order valence-corrected chi connectivity index (χ1v) is 7.74. The Bertz CT molecular complexity index is 576. The highest BCUT2D eigenvalue weighted by atomic mass is 35.5. The Morgan fingerprint density at radius 1 is 1.29 bits per heavy atom. The molecule has 21 heavy (non-hydrogen) atoms. The van der Waals surface area contributed by atoms with E-state index in [1.165, 1.54) is 13.2 Å². The molecule has 0 aliphatic heterocycles. The van der Waals surface area contributed by atoms with Crippen LogP contribution in [0.4, 0.5) is 0 Å². The Labute approximate surface area is 131 Å². The van der Waals surface area contributed by atoms with E-state index in [0.717, 1.165) is 6.54 Å². The van der Waals surface area contributed by atoms with Gasteiger partial charge in [0.05, 0.1) is 17.6 Å². The average Bonchev–Trinajstić information content (AvgIpc) is 2.43. The van der Waals surface area contributed by atoms with Crippen LogP contribution in [0.2, 0.25) is 0 Å². The van der Waals surface area contributed by atoms with Gasteiger partial charge in [0, 0.05) is 6.54 Å². The van der Waals surface area contributed by atoms with Gasteiger partial charge in [-0.2, -0.15) is 0 Å². The van der Waals surface area contributed by atoms with Gasteiger partial charge in [0.2, 0.25) is 10.0 Å². The zero-order chi connectivity index (χ0) is 15.2. The van der Waals surface area contributed by atoms with Crippen molar-refractivity contribution in [2.75, 3.05) is 27.2 Å². The van der Waals surface area contributed by atoms with E-state index >= 15 is 0 Å².